The van der Waals surface area contributed by atoms with Crippen LogP contribution in [0.15, 0.2) is 122 Å². The van der Waals surface area contributed by atoms with E-state index in [-0.39, 0.29) is 31.1 Å². The Morgan fingerprint density at radius 1 is 0.324 bits per heavy atom. The number of hydrogen-bond acceptors (Lipinski definition) is 6. The van der Waals surface area contributed by atoms with Crippen molar-refractivity contribution in [3.63, 3.8) is 0 Å². The summed E-state index contributed by atoms with van der Waals surface area (Å²) in [6, 6.07) is 0. The van der Waals surface area contributed by atoms with Crippen LogP contribution in [0.25, 0.3) is 0 Å². The zero-order valence-corrected chi connectivity index (χ0v) is 43.8. The summed E-state index contributed by atoms with van der Waals surface area (Å²) >= 11 is 0. The quantitative estimate of drug-likeness (QED) is 0.0199. The average molecular weight is 941 g/mol. The standard InChI is InChI=1S/C62H100O6/c1-4-7-10-13-16-19-22-25-27-29-31-33-35-37-40-43-46-49-52-55-61(64)67-58-59(57-66-60(63)54-51-48-45-42-39-24-21-18-15-12-9-6-3)68-62(65)56-53-50-47-44-41-38-36-34-32-30-28-26-23-20-17-14-11-8-5-2/h7,9-10,12,16-21,23,25-27,31,33,37,39-40,42,59H,4-6,8,11,13-15,22,24,28-30,32,34-36,38,41,43-58H2,1-3H3/b10-7-,12-9-,19-16-,20-17-,21-18-,26-23-,27-25-,33-31-,40-37-,42-39-. The van der Waals surface area contributed by atoms with E-state index in [0.717, 1.165) is 116 Å². The molecule has 0 aliphatic carbocycles. The number of ether oxygens (including phenoxy) is 3. The van der Waals surface area contributed by atoms with Crippen molar-refractivity contribution in [2.75, 3.05) is 13.2 Å². The Morgan fingerprint density at radius 3 is 1.03 bits per heavy atom. The molecule has 68 heavy (non-hydrogen) atoms. The molecule has 1 atom stereocenters. The first-order valence-electron chi connectivity index (χ1n) is 27.6. The number of rotatable bonds is 48. The van der Waals surface area contributed by atoms with Crippen LogP contribution >= 0.6 is 0 Å². The van der Waals surface area contributed by atoms with Crippen LogP contribution in [-0.4, -0.2) is 37.2 Å². The van der Waals surface area contributed by atoms with Crippen LogP contribution in [0, 0.1) is 0 Å². The zero-order chi connectivity index (χ0) is 49.3. The van der Waals surface area contributed by atoms with Crippen LogP contribution in [0.3, 0.4) is 0 Å². The molecule has 0 bridgehead atoms. The van der Waals surface area contributed by atoms with Crippen LogP contribution in [0.4, 0.5) is 0 Å². The number of esters is 3. The lowest BCUT2D eigenvalue weighted by molar-refractivity contribution is -0.167. The number of carbonyl (C=O) groups is 3. The van der Waals surface area contributed by atoms with E-state index in [1.54, 1.807) is 0 Å². The van der Waals surface area contributed by atoms with E-state index in [9.17, 15) is 14.4 Å². The number of carbonyl (C=O) groups excluding carboxylic acids is 3. The monoisotopic (exact) mass is 941 g/mol. The lowest BCUT2D eigenvalue weighted by Gasteiger charge is -2.18. The smallest absolute Gasteiger partial charge is 0.306 e. The van der Waals surface area contributed by atoms with Gasteiger partial charge in [-0.1, -0.05) is 213 Å². The number of allylic oxidation sites excluding steroid dienone is 20. The summed E-state index contributed by atoms with van der Waals surface area (Å²) in [6.07, 6.45) is 76.2. The molecule has 0 aromatic heterocycles. The fourth-order valence-corrected chi connectivity index (χ4v) is 7.12. The third kappa shape index (κ3) is 52.8. The van der Waals surface area contributed by atoms with Gasteiger partial charge in [0.25, 0.3) is 0 Å². The molecular weight excluding hydrogens is 841 g/mol. The third-order valence-corrected chi connectivity index (χ3v) is 11.2. The molecule has 0 saturated heterocycles. The fraction of sp³-hybridized carbons (Fsp3) is 0.629. The summed E-state index contributed by atoms with van der Waals surface area (Å²) in [7, 11) is 0. The van der Waals surface area contributed by atoms with Gasteiger partial charge in [0.1, 0.15) is 13.2 Å². The van der Waals surface area contributed by atoms with E-state index in [0.29, 0.717) is 19.3 Å². The largest absolute Gasteiger partial charge is 0.462 e. The van der Waals surface area contributed by atoms with Crippen LogP contribution in [0.2, 0.25) is 0 Å². The second-order valence-electron chi connectivity index (χ2n) is 17.8. The van der Waals surface area contributed by atoms with Gasteiger partial charge in [-0.25, -0.2) is 0 Å². The highest BCUT2D eigenvalue weighted by atomic mass is 16.6. The lowest BCUT2D eigenvalue weighted by Crippen LogP contribution is -2.30. The predicted octanol–water partition coefficient (Wildman–Crippen LogP) is 18.5. The van der Waals surface area contributed by atoms with Crippen LogP contribution in [0.1, 0.15) is 233 Å². The molecule has 0 aromatic rings. The summed E-state index contributed by atoms with van der Waals surface area (Å²) in [6.45, 7) is 6.31. The van der Waals surface area contributed by atoms with Gasteiger partial charge in [-0.15, -0.1) is 0 Å². The van der Waals surface area contributed by atoms with Crippen LogP contribution in [0.5, 0.6) is 0 Å². The lowest BCUT2D eigenvalue weighted by atomic mass is 10.1. The van der Waals surface area contributed by atoms with E-state index in [1.165, 1.54) is 77.0 Å². The van der Waals surface area contributed by atoms with Gasteiger partial charge in [-0.3, -0.25) is 14.4 Å². The Labute approximate surface area is 418 Å². The summed E-state index contributed by atoms with van der Waals surface area (Å²) in [4.78, 5) is 38.1. The maximum atomic E-state index is 12.8. The molecular formula is C62H100O6. The second-order valence-corrected chi connectivity index (χ2v) is 17.8. The molecule has 384 valence electrons. The first-order chi connectivity index (χ1) is 33.5. The Balaban J connectivity index is 4.48. The van der Waals surface area contributed by atoms with Gasteiger partial charge in [0.2, 0.25) is 0 Å². The van der Waals surface area contributed by atoms with Crippen LogP contribution < -0.4 is 0 Å². The third-order valence-electron chi connectivity index (χ3n) is 11.2. The maximum Gasteiger partial charge on any atom is 0.306 e. The van der Waals surface area contributed by atoms with Crippen molar-refractivity contribution in [1.82, 2.24) is 0 Å². The molecule has 0 heterocycles. The Hall–Kier alpha value is -4.19. The van der Waals surface area contributed by atoms with Crippen molar-refractivity contribution in [3.8, 4) is 0 Å². The van der Waals surface area contributed by atoms with Gasteiger partial charge in [-0.05, 0) is 122 Å². The molecule has 0 aliphatic rings. The molecule has 6 heteroatoms. The van der Waals surface area contributed by atoms with E-state index in [4.69, 9.17) is 14.2 Å². The van der Waals surface area contributed by atoms with Crippen molar-refractivity contribution < 1.29 is 28.6 Å². The summed E-state index contributed by atoms with van der Waals surface area (Å²) in [5.41, 5.74) is 0. The first kappa shape index (κ1) is 63.8. The molecule has 0 aromatic carbocycles. The predicted molar refractivity (Wildman–Crippen MR) is 293 cm³/mol. The maximum absolute atomic E-state index is 12.8. The summed E-state index contributed by atoms with van der Waals surface area (Å²) in [5.74, 6) is -0.989. The van der Waals surface area contributed by atoms with E-state index >= 15 is 0 Å². The first-order valence-corrected chi connectivity index (χ1v) is 27.6. The number of unbranched alkanes of at least 4 members (excludes halogenated alkanes) is 18. The summed E-state index contributed by atoms with van der Waals surface area (Å²) < 4.78 is 16.8. The normalized spacial score (nSPS) is 13.0. The zero-order valence-electron chi connectivity index (χ0n) is 43.8. The van der Waals surface area contributed by atoms with Crippen molar-refractivity contribution in [3.05, 3.63) is 122 Å². The Kier molecular flexibility index (Phi) is 52.0. The molecule has 0 saturated carbocycles. The summed E-state index contributed by atoms with van der Waals surface area (Å²) in [5, 5.41) is 0. The molecule has 0 fully saturated rings. The van der Waals surface area contributed by atoms with E-state index in [1.807, 2.05) is 0 Å². The van der Waals surface area contributed by atoms with Gasteiger partial charge in [-0.2, -0.15) is 0 Å². The number of hydrogen-bond donors (Lipinski definition) is 0. The molecule has 6 nitrogen and oxygen atoms in total. The van der Waals surface area contributed by atoms with E-state index in [2.05, 4.69) is 142 Å². The van der Waals surface area contributed by atoms with Crippen LogP contribution in [-0.2, 0) is 28.6 Å². The highest BCUT2D eigenvalue weighted by Gasteiger charge is 2.19. The average Bonchev–Trinajstić information content (AvgIpc) is 3.34. The van der Waals surface area contributed by atoms with Crippen molar-refractivity contribution in [1.29, 1.82) is 0 Å². The Morgan fingerprint density at radius 2 is 0.618 bits per heavy atom. The van der Waals surface area contributed by atoms with Crippen molar-refractivity contribution >= 4 is 17.9 Å². The molecule has 1 unspecified atom stereocenters. The van der Waals surface area contributed by atoms with E-state index < -0.39 is 6.10 Å². The Bertz CT molecular complexity index is 1450. The minimum Gasteiger partial charge on any atom is -0.462 e. The topological polar surface area (TPSA) is 78.9 Å². The molecule has 0 radical (unpaired) electrons. The highest BCUT2D eigenvalue weighted by molar-refractivity contribution is 5.71. The SMILES string of the molecule is CC/C=C\C/C=C\C/C=C\C/C=C\C/C=C\CCCCCC(=O)OCC(COC(=O)CCCC/C=C\C/C=C\C/C=C\CC)OC(=O)CCCCCCCCCCCC/C=C\C=C/CCCCC. The van der Waals surface area contributed by atoms with Gasteiger partial charge >= 0.3 is 17.9 Å². The minimum atomic E-state index is -0.813. The second kappa shape index (κ2) is 55.4. The molecule has 0 aliphatic heterocycles. The van der Waals surface area contributed by atoms with Gasteiger partial charge < -0.3 is 14.2 Å². The molecule has 0 N–H and O–H groups in total. The van der Waals surface area contributed by atoms with Gasteiger partial charge in [0.05, 0.1) is 0 Å². The van der Waals surface area contributed by atoms with Gasteiger partial charge in [0.15, 0.2) is 6.10 Å². The van der Waals surface area contributed by atoms with Crippen molar-refractivity contribution in [2.45, 2.75) is 239 Å². The highest BCUT2D eigenvalue weighted by Crippen LogP contribution is 2.14. The molecule has 0 rings (SSSR count). The fourth-order valence-electron chi connectivity index (χ4n) is 7.12. The molecule has 0 spiro atoms. The van der Waals surface area contributed by atoms with Gasteiger partial charge in [0, 0.05) is 19.3 Å². The minimum absolute atomic E-state index is 0.112. The van der Waals surface area contributed by atoms with Crippen molar-refractivity contribution in [2.24, 2.45) is 0 Å². The molecule has 0 amide bonds.